The Balaban J connectivity index is 0.00000220. The Bertz CT molecular complexity index is 463. The van der Waals surface area contributed by atoms with Crippen LogP contribution in [0.3, 0.4) is 0 Å². The number of halogens is 4. The van der Waals surface area contributed by atoms with Crippen LogP contribution in [0.2, 0.25) is 0 Å². The van der Waals surface area contributed by atoms with Crippen molar-refractivity contribution in [2.75, 3.05) is 47.1 Å². The molecule has 1 fully saturated rings. The molecule has 1 aliphatic heterocycles. The van der Waals surface area contributed by atoms with E-state index in [1.54, 1.807) is 14.2 Å². The van der Waals surface area contributed by atoms with Crippen molar-refractivity contribution in [3.63, 3.8) is 0 Å². The summed E-state index contributed by atoms with van der Waals surface area (Å²) in [4.78, 5) is 2.16. The fourth-order valence-electron chi connectivity index (χ4n) is 2.50. The van der Waals surface area contributed by atoms with Gasteiger partial charge in [-0.1, -0.05) is 15.9 Å². The Morgan fingerprint density at radius 2 is 1.73 bits per heavy atom. The molecule has 0 unspecified atom stereocenters. The molecule has 8 heteroatoms. The summed E-state index contributed by atoms with van der Waals surface area (Å²) < 4.78 is 25.0. The van der Waals surface area contributed by atoms with Crippen LogP contribution in [-0.2, 0) is 0 Å². The quantitative estimate of drug-likeness (QED) is 0.794. The van der Waals surface area contributed by atoms with Gasteiger partial charge in [0.2, 0.25) is 0 Å². The summed E-state index contributed by atoms with van der Waals surface area (Å²) in [6.45, 7) is 3.04. The molecule has 0 aliphatic carbocycles. The van der Waals surface area contributed by atoms with Gasteiger partial charge in [0.05, 0.1) is 20.3 Å². The van der Waals surface area contributed by atoms with Gasteiger partial charge in [0.25, 0.3) is 0 Å². The van der Waals surface area contributed by atoms with Gasteiger partial charge in [-0.05, 0) is 17.7 Å². The predicted octanol–water partition coefficient (Wildman–Crippen LogP) is 3.23. The molecule has 1 aromatic carbocycles. The molecule has 0 amide bonds. The fraction of sp³-hybridized carbons (Fsp3) is 0.571. The minimum atomic E-state index is -0.423. The lowest BCUT2D eigenvalue weighted by atomic mass is 10.0. The van der Waals surface area contributed by atoms with E-state index in [0.717, 1.165) is 36.2 Å². The molecule has 0 aromatic heterocycles. The summed E-state index contributed by atoms with van der Waals surface area (Å²) in [5.41, 5.74) is 0.895. The first kappa shape index (κ1) is 21.7. The Hall–Kier alpha value is -0.270. The summed E-state index contributed by atoms with van der Waals surface area (Å²) in [6.07, 6.45) is 0. The van der Waals surface area contributed by atoms with Gasteiger partial charge < -0.3 is 14.8 Å². The molecule has 1 heterocycles. The average molecular weight is 420 g/mol. The SMILES string of the molecule is COc1cc(Br)c([C@H](CF)N2CCNCC2)cc1OC.Cl.Cl. The van der Waals surface area contributed by atoms with Crippen molar-refractivity contribution in [1.82, 2.24) is 10.2 Å². The first-order valence-corrected chi connectivity index (χ1v) is 7.42. The molecular formula is C14H22BrCl2FN2O2. The zero-order chi connectivity index (χ0) is 14.5. The first-order valence-electron chi connectivity index (χ1n) is 6.63. The van der Waals surface area contributed by atoms with Crippen molar-refractivity contribution in [1.29, 1.82) is 0 Å². The summed E-state index contributed by atoms with van der Waals surface area (Å²) in [6, 6.07) is 3.43. The van der Waals surface area contributed by atoms with Gasteiger partial charge in [-0.15, -0.1) is 24.8 Å². The van der Waals surface area contributed by atoms with E-state index in [4.69, 9.17) is 9.47 Å². The summed E-state index contributed by atoms with van der Waals surface area (Å²) >= 11 is 3.51. The van der Waals surface area contributed by atoms with Gasteiger partial charge in [-0.25, -0.2) is 4.39 Å². The van der Waals surface area contributed by atoms with E-state index in [1.807, 2.05) is 12.1 Å². The molecule has 0 bridgehead atoms. The van der Waals surface area contributed by atoms with Crippen LogP contribution >= 0.6 is 40.7 Å². The highest BCUT2D eigenvalue weighted by molar-refractivity contribution is 9.10. The van der Waals surface area contributed by atoms with Crippen LogP contribution in [0.5, 0.6) is 11.5 Å². The van der Waals surface area contributed by atoms with Gasteiger partial charge in [0.15, 0.2) is 11.5 Å². The number of benzene rings is 1. The van der Waals surface area contributed by atoms with E-state index in [-0.39, 0.29) is 30.9 Å². The molecule has 0 saturated carbocycles. The third kappa shape index (κ3) is 4.86. The summed E-state index contributed by atoms with van der Waals surface area (Å²) in [5.74, 6) is 1.26. The molecule has 0 radical (unpaired) electrons. The van der Waals surface area contributed by atoms with Gasteiger partial charge in [0, 0.05) is 30.7 Å². The average Bonchev–Trinajstić information content (AvgIpc) is 2.50. The Labute approximate surface area is 151 Å². The molecule has 128 valence electrons. The van der Waals surface area contributed by atoms with Crippen LogP contribution in [0.15, 0.2) is 16.6 Å². The molecule has 2 rings (SSSR count). The van der Waals surface area contributed by atoms with E-state index in [9.17, 15) is 4.39 Å². The smallest absolute Gasteiger partial charge is 0.161 e. The number of ether oxygens (including phenoxy) is 2. The second kappa shape index (κ2) is 10.5. The van der Waals surface area contributed by atoms with Gasteiger partial charge in [-0.3, -0.25) is 4.90 Å². The lowest BCUT2D eigenvalue weighted by Gasteiger charge is -2.34. The number of hydrogen-bond donors (Lipinski definition) is 1. The van der Waals surface area contributed by atoms with Crippen LogP contribution < -0.4 is 14.8 Å². The maximum atomic E-state index is 13.6. The van der Waals surface area contributed by atoms with E-state index in [1.165, 1.54) is 0 Å². The van der Waals surface area contributed by atoms with Crippen molar-refractivity contribution < 1.29 is 13.9 Å². The molecule has 4 nitrogen and oxygen atoms in total. The van der Waals surface area contributed by atoms with Crippen molar-refractivity contribution in [3.05, 3.63) is 22.2 Å². The van der Waals surface area contributed by atoms with Crippen LogP contribution in [-0.4, -0.2) is 52.0 Å². The largest absolute Gasteiger partial charge is 0.493 e. The van der Waals surface area contributed by atoms with Crippen LogP contribution in [0.1, 0.15) is 11.6 Å². The minimum absolute atomic E-state index is 0. The Morgan fingerprint density at radius 1 is 1.18 bits per heavy atom. The number of nitrogens with zero attached hydrogens (tertiary/aromatic N) is 1. The van der Waals surface area contributed by atoms with Crippen LogP contribution in [0.25, 0.3) is 0 Å². The first-order chi connectivity index (χ1) is 9.71. The third-order valence-electron chi connectivity index (χ3n) is 3.60. The molecule has 1 aliphatic rings. The topological polar surface area (TPSA) is 33.7 Å². The number of hydrogen-bond acceptors (Lipinski definition) is 4. The molecule has 1 aromatic rings. The van der Waals surface area contributed by atoms with Crippen molar-refractivity contribution in [3.8, 4) is 11.5 Å². The van der Waals surface area contributed by atoms with Gasteiger partial charge in [-0.2, -0.15) is 0 Å². The second-order valence-electron chi connectivity index (χ2n) is 4.68. The van der Waals surface area contributed by atoms with E-state index in [2.05, 4.69) is 26.1 Å². The highest BCUT2D eigenvalue weighted by atomic mass is 79.9. The van der Waals surface area contributed by atoms with E-state index >= 15 is 0 Å². The predicted molar refractivity (Wildman–Crippen MR) is 94.9 cm³/mol. The highest BCUT2D eigenvalue weighted by Crippen LogP contribution is 2.38. The Kier molecular flexibility index (Phi) is 10.4. The zero-order valence-electron chi connectivity index (χ0n) is 12.6. The second-order valence-corrected chi connectivity index (χ2v) is 5.54. The molecule has 1 N–H and O–H groups in total. The number of alkyl halides is 1. The highest BCUT2D eigenvalue weighted by Gasteiger charge is 2.25. The van der Waals surface area contributed by atoms with E-state index < -0.39 is 6.67 Å². The molecule has 22 heavy (non-hydrogen) atoms. The van der Waals surface area contributed by atoms with Crippen molar-refractivity contribution in [2.45, 2.75) is 6.04 Å². The van der Waals surface area contributed by atoms with E-state index in [0.29, 0.717) is 11.5 Å². The lowest BCUT2D eigenvalue weighted by molar-refractivity contribution is 0.147. The summed E-state index contributed by atoms with van der Waals surface area (Å²) in [5, 5.41) is 3.28. The monoisotopic (exact) mass is 418 g/mol. The van der Waals surface area contributed by atoms with Gasteiger partial charge in [0.1, 0.15) is 6.67 Å². The number of methoxy groups -OCH3 is 2. The van der Waals surface area contributed by atoms with Crippen molar-refractivity contribution in [2.24, 2.45) is 0 Å². The molecule has 1 saturated heterocycles. The zero-order valence-corrected chi connectivity index (χ0v) is 15.8. The maximum Gasteiger partial charge on any atom is 0.161 e. The maximum absolute atomic E-state index is 13.6. The normalized spacial score (nSPS) is 16.2. The lowest BCUT2D eigenvalue weighted by Crippen LogP contribution is -2.45. The molecule has 1 atom stereocenters. The molecule has 0 spiro atoms. The minimum Gasteiger partial charge on any atom is -0.493 e. The summed E-state index contributed by atoms with van der Waals surface area (Å²) in [7, 11) is 3.18. The number of nitrogens with one attached hydrogen (secondary N) is 1. The Morgan fingerprint density at radius 3 is 2.23 bits per heavy atom. The number of piperazine rings is 1. The molecular weight excluding hydrogens is 398 g/mol. The van der Waals surface area contributed by atoms with Crippen molar-refractivity contribution >= 4 is 40.7 Å². The van der Waals surface area contributed by atoms with Crippen LogP contribution in [0, 0.1) is 0 Å². The fourth-order valence-corrected chi connectivity index (χ4v) is 3.08. The number of rotatable bonds is 5. The van der Waals surface area contributed by atoms with Crippen LogP contribution in [0.4, 0.5) is 4.39 Å². The van der Waals surface area contributed by atoms with Gasteiger partial charge >= 0.3 is 0 Å². The third-order valence-corrected chi connectivity index (χ3v) is 4.29. The standard InChI is InChI=1S/C14H20BrFN2O2.2ClH/c1-19-13-7-10(11(15)8-14(13)20-2)12(9-16)18-5-3-17-4-6-18;;/h7-8,12,17H,3-6,9H2,1-2H3;2*1H/t12-;;/m0../s1.